The quantitative estimate of drug-likeness (QED) is 0.674. The molecule has 1 saturated heterocycles. The van der Waals surface area contributed by atoms with Crippen molar-refractivity contribution in [1.82, 2.24) is 4.90 Å². The van der Waals surface area contributed by atoms with Crippen LogP contribution in [0.3, 0.4) is 0 Å². The van der Waals surface area contributed by atoms with Gasteiger partial charge in [-0.3, -0.25) is 4.79 Å². The molecule has 0 bridgehead atoms. The molecule has 0 aromatic heterocycles. The number of esters is 1. The van der Waals surface area contributed by atoms with Crippen LogP contribution in [-0.2, 0) is 4.74 Å². The maximum atomic E-state index is 12.6. The normalized spacial score (nSPS) is 14.6. The number of piperidine rings is 1. The first kappa shape index (κ1) is 21.4. The summed E-state index contributed by atoms with van der Waals surface area (Å²) in [5.74, 6) is 0.931. The first-order chi connectivity index (χ1) is 14.6. The Morgan fingerprint density at radius 1 is 1.00 bits per heavy atom. The van der Waals surface area contributed by atoms with Crippen molar-refractivity contribution in [2.24, 2.45) is 5.92 Å². The third-order valence-electron chi connectivity index (χ3n) is 5.35. The van der Waals surface area contributed by atoms with E-state index in [0.717, 1.165) is 18.4 Å². The summed E-state index contributed by atoms with van der Waals surface area (Å²) < 4.78 is 15.6. The van der Waals surface area contributed by atoms with Gasteiger partial charge in [-0.05, 0) is 42.5 Å². The molecule has 0 unspecified atom stereocenters. The lowest BCUT2D eigenvalue weighted by Gasteiger charge is -2.30. The summed E-state index contributed by atoms with van der Waals surface area (Å²) in [6, 6.07) is 12.8. The summed E-state index contributed by atoms with van der Waals surface area (Å²) in [6.07, 6.45) is 5.73. The number of likely N-dealkylation sites (tertiary alicyclic amines) is 1. The zero-order valence-electron chi connectivity index (χ0n) is 17.6. The topological polar surface area (TPSA) is 65.1 Å². The molecular weight excluding hydrogens is 382 g/mol. The molecule has 6 heteroatoms. The van der Waals surface area contributed by atoms with E-state index in [1.54, 1.807) is 19.2 Å². The van der Waals surface area contributed by atoms with E-state index in [9.17, 15) is 9.59 Å². The zero-order chi connectivity index (χ0) is 21.5. The summed E-state index contributed by atoms with van der Waals surface area (Å²) in [4.78, 5) is 26.8. The van der Waals surface area contributed by atoms with E-state index in [1.807, 2.05) is 41.3 Å². The summed E-state index contributed by atoms with van der Waals surface area (Å²) in [5, 5.41) is 0. The van der Waals surface area contributed by atoms with Crippen LogP contribution in [-0.4, -0.2) is 51.2 Å². The second kappa shape index (κ2) is 9.96. The molecule has 0 saturated carbocycles. The van der Waals surface area contributed by atoms with Crippen LogP contribution in [0.2, 0.25) is 0 Å². The van der Waals surface area contributed by atoms with Crippen molar-refractivity contribution >= 4 is 18.0 Å². The number of nitrogens with zero attached hydrogens (tertiary/aromatic N) is 1. The molecule has 1 amide bonds. The van der Waals surface area contributed by atoms with Gasteiger partial charge in [0.05, 0.1) is 21.3 Å². The highest BCUT2D eigenvalue weighted by molar-refractivity contribution is 5.97. The van der Waals surface area contributed by atoms with Crippen LogP contribution >= 0.6 is 0 Å². The van der Waals surface area contributed by atoms with Gasteiger partial charge in [-0.25, -0.2) is 4.79 Å². The Kier molecular flexibility index (Phi) is 7.12. The number of carbonyl (C=O) groups excluding carboxylic acids is 2. The van der Waals surface area contributed by atoms with Gasteiger partial charge in [0.15, 0.2) is 0 Å². The van der Waals surface area contributed by atoms with Crippen LogP contribution in [0.4, 0.5) is 0 Å². The van der Waals surface area contributed by atoms with Crippen LogP contribution < -0.4 is 9.47 Å². The Hall–Kier alpha value is -3.28. The van der Waals surface area contributed by atoms with Gasteiger partial charge in [0.25, 0.3) is 5.91 Å². The van der Waals surface area contributed by atoms with E-state index < -0.39 is 5.97 Å². The number of ether oxygens (including phenoxy) is 3. The molecule has 0 radical (unpaired) electrons. The lowest BCUT2D eigenvalue weighted by Crippen LogP contribution is -2.38. The molecule has 0 atom stereocenters. The Balaban J connectivity index is 1.72. The molecule has 6 nitrogen and oxygen atoms in total. The van der Waals surface area contributed by atoms with Crippen molar-refractivity contribution in [2.75, 3.05) is 34.4 Å². The molecule has 1 aliphatic rings. The number of hydrogen-bond donors (Lipinski definition) is 0. The van der Waals surface area contributed by atoms with Crippen molar-refractivity contribution in [1.29, 1.82) is 0 Å². The van der Waals surface area contributed by atoms with Crippen LogP contribution in [0, 0.1) is 5.92 Å². The van der Waals surface area contributed by atoms with Gasteiger partial charge in [-0.1, -0.05) is 30.4 Å². The molecule has 1 fully saturated rings. The fraction of sp³-hybridized carbons (Fsp3) is 0.333. The molecule has 3 rings (SSSR count). The number of allylic oxidation sites excluding steroid dienone is 1. The second-order valence-corrected chi connectivity index (χ2v) is 7.14. The smallest absolute Gasteiger partial charge is 0.342 e. The van der Waals surface area contributed by atoms with Gasteiger partial charge in [-0.15, -0.1) is 0 Å². The molecule has 158 valence electrons. The maximum absolute atomic E-state index is 12.6. The summed E-state index contributed by atoms with van der Waals surface area (Å²) in [5.41, 5.74) is 1.77. The zero-order valence-corrected chi connectivity index (χ0v) is 17.6. The fourth-order valence-corrected chi connectivity index (χ4v) is 3.64. The minimum Gasteiger partial charge on any atom is -0.497 e. The largest absolute Gasteiger partial charge is 0.497 e. The average Bonchev–Trinajstić information content (AvgIpc) is 2.81. The highest BCUT2D eigenvalue weighted by Gasteiger charge is 2.23. The van der Waals surface area contributed by atoms with E-state index in [4.69, 9.17) is 14.2 Å². The van der Waals surface area contributed by atoms with E-state index in [2.05, 4.69) is 6.08 Å². The predicted octanol–water partition coefficient (Wildman–Crippen LogP) is 4.06. The minimum absolute atomic E-state index is 0.0727. The highest BCUT2D eigenvalue weighted by Crippen LogP contribution is 2.31. The molecule has 0 spiro atoms. The Morgan fingerprint density at radius 2 is 1.70 bits per heavy atom. The standard InChI is InChI=1S/C24H27NO5/c1-28-20-15-19(22(24(27)30-3)21(16-20)29-2)10-9-17-11-13-25(14-12-17)23(26)18-7-5-4-6-8-18/h4-10,15-17H,11-14H2,1-3H3. The number of benzene rings is 2. The molecule has 0 aliphatic carbocycles. The van der Waals surface area contributed by atoms with Crippen molar-refractivity contribution in [3.63, 3.8) is 0 Å². The van der Waals surface area contributed by atoms with Crippen LogP contribution in [0.1, 0.15) is 39.1 Å². The van der Waals surface area contributed by atoms with Gasteiger partial charge >= 0.3 is 5.97 Å². The predicted molar refractivity (Wildman–Crippen MR) is 115 cm³/mol. The number of amides is 1. The third kappa shape index (κ3) is 4.82. The van der Waals surface area contributed by atoms with Gasteiger partial charge < -0.3 is 19.1 Å². The van der Waals surface area contributed by atoms with Gasteiger partial charge in [0.2, 0.25) is 0 Å². The van der Waals surface area contributed by atoms with Crippen LogP contribution in [0.25, 0.3) is 6.08 Å². The van der Waals surface area contributed by atoms with Gasteiger partial charge in [0.1, 0.15) is 17.1 Å². The second-order valence-electron chi connectivity index (χ2n) is 7.14. The van der Waals surface area contributed by atoms with Crippen molar-refractivity contribution in [2.45, 2.75) is 12.8 Å². The highest BCUT2D eigenvalue weighted by atomic mass is 16.5. The van der Waals surface area contributed by atoms with E-state index >= 15 is 0 Å². The van der Waals surface area contributed by atoms with E-state index in [-0.39, 0.29) is 5.91 Å². The molecule has 1 heterocycles. The number of hydrogen-bond acceptors (Lipinski definition) is 5. The summed E-state index contributed by atoms with van der Waals surface area (Å²) in [7, 11) is 4.42. The fourth-order valence-electron chi connectivity index (χ4n) is 3.64. The molecule has 2 aromatic carbocycles. The molecule has 30 heavy (non-hydrogen) atoms. The molecular formula is C24H27NO5. The van der Waals surface area contributed by atoms with Crippen molar-refractivity contribution in [3.05, 3.63) is 65.2 Å². The molecule has 1 aliphatic heterocycles. The lowest BCUT2D eigenvalue weighted by molar-refractivity contribution is 0.0596. The maximum Gasteiger partial charge on any atom is 0.342 e. The molecule has 2 aromatic rings. The van der Waals surface area contributed by atoms with E-state index in [0.29, 0.717) is 41.6 Å². The average molecular weight is 409 g/mol. The van der Waals surface area contributed by atoms with Gasteiger partial charge in [-0.2, -0.15) is 0 Å². The molecule has 0 N–H and O–H groups in total. The number of methoxy groups -OCH3 is 3. The van der Waals surface area contributed by atoms with Crippen LogP contribution in [0.15, 0.2) is 48.5 Å². The summed E-state index contributed by atoms with van der Waals surface area (Å²) >= 11 is 0. The Morgan fingerprint density at radius 3 is 2.30 bits per heavy atom. The lowest BCUT2D eigenvalue weighted by atomic mass is 9.94. The first-order valence-corrected chi connectivity index (χ1v) is 9.94. The van der Waals surface area contributed by atoms with Crippen LogP contribution in [0.5, 0.6) is 11.5 Å². The monoisotopic (exact) mass is 409 g/mol. The van der Waals surface area contributed by atoms with E-state index in [1.165, 1.54) is 14.2 Å². The number of rotatable bonds is 6. The minimum atomic E-state index is -0.461. The Labute approximate surface area is 177 Å². The van der Waals surface area contributed by atoms with Crippen molar-refractivity contribution < 1.29 is 23.8 Å². The summed E-state index contributed by atoms with van der Waals surface area (Å²) in [6.45, 7) is 1.40. The van der Waals surface area contributed by atoms with Gasteiger partial charge in [0, 0.05) is 24.7 Å². The SMILES string of the molecule is COC(=O)c1c(C=CC2CCN(C(=O)c3ccccc3)CC2)cc(OC)cc1OC. The Bertz CT molecular complexity index is 915. The third-order valence-corrected chi connectivity index (χ3v) is 5.35. The first-order valence-electron chi connectivity index (χ1n) is 9.94. The number of carbonyl (C=O) groups is 2. The van der Waals surface area contributed by atoms with Crippen molar-refractivity contribution in [3.8, 4) is 11.5 Å².